The second-order valence-electron chi connectivity index (χ2n) is 5.71. The molecule has 1 N–H and O–H groups in total. The zero-order valence-corrected chi connectivity index (χ0v) is 15.9. The van der Waals surface area contributed by atoms with Crippen molar-refractivity contribution in [3.05, 3.63) is 69.3 Å². The number of amides is 1. The van der Waals surface area contributed by atoms with Gasteiger partial charge >= 0.3 is 0 Å². The largest absolute Gasteiger partial charge is 0.298 e. The molecule has 144 valence electrons. The lowest BCUT2D eigenvalue weighted by molar-refractivity contribution is -0.387. The van der Waals surface area contributed by atoms with Gasteiger partial charge in [0, 0.05) is 28.8 Å². The molecule has 0 radical (unpaired) electrons. The Labute approximate surface area is 162 Å². The summed E-state index contributed by atoms with van der Waals surface area (Å²) in [7, 11) is -3.82. The minimum Gasteiger partial charge on any atom is -0.298 e. The van der Waals surface area contributed by atoms with E-state index in [0.29, 0.717) is 11.3 Å². The number of nitrogens with one attached hydrogen (secondary N) is 1. The van der Waals surface area contributed by atoms with E-state index in [1.165, 1.54) is 18.2 Å². The number of halogens is 1. The first-order chi connectivity index (χ1) is 13.1. The molecule has 3 aromatic rings. The van der Waals surface area contributed by atoms with E-state index >= 15 is 0 Å². The van der Waals surface area contributed by atoms with Crippen LogP contribution in [0.5, 0.6) is 0 Å². The highest BCUT2D eigenvalue weighted by atomic mass is 32.2. The van der Waals surface area contributed by atoms with E-state index in [4.69, 9.17) is 0 Å². The third-order valence-electron chi connectivity index (χ3n) is 3.68. The van der Waals surface area contributed by atoms with E-state index in [9.17, 15) is 27.7 Å². The van der Waals surface area contributed by atoms with Crippen molar-refractivity contribution in [2.75, 3.05) is 11.6 Å². The Morgan fingerprint density at radius 1 is 1.21 bits per heavy atom. The number of anilines is 1. The predicted molar refractivity (Wildman–Crippen MR) is 102 cm³/mol. The maximum absolute atomic E-state index is 13.0. The highest BCUT2D eigenvalue weighted by molar-refractivity contribution is 7.90. The van der Waals surface area contributed by atoms with Crippen molar-refractivity contribution >= 4 is 37.9 Å². The van der Waals surface area contributed by atoms with Crippen LogP contribution in [-0.4, -0.2) is 30.5 Å². The molecule has 8 nitrogen and oxygen atoms in total. The van der Waals surface area contributed by atoms with E-state index in [1.807, 2.05) is 0 Å². The first kappa shape index (κ1) is 19.6. The Kier molecular flexibility index (Phi) is 5.21. The van der Waals surface area contributed by atoms with Crippen LogP contribution in [0.25, 0.3) is 11.3 Å². The number of hydrogen-bond donors (Lipinski definition) is 1. The van der Waals surface area contributed by atoms with E-state index < -0.39 is 31.3 Å². The second kappa shape index (κ2) is 7.44. The number of sulfone groups is 1. The molecular weight excluding hydrogens is 409 g/mol. The summed E-state index contributed by atoms with van der Waals surface area (Å²) in [4.78, 5) is 26.4. The lowest BCUT2D eigenvalue weighted by Crippen LogP contribution is -2.13. The van der Waals surface area contributed by atoms with Crippen molar-refractivity contribution in [3.8, 4) is 11.3 Å². The third-order valence-corrected chi connectivity index (χ3v) is 5.58. The fraction of sp³-hybridized carbons (Fsp3) is 0.0588. The van der Waals surface area contributed by atoms with Crippen molar-refractivity contribution in [1.82, 2.24) is 4.98 Å². The van der Waals surface area contributed by atoms with Crippen LogP contribution >= 0.6 is 11.3 Å². The molecule has 0 fully saturated rings. The first-order valence-corrected chi connectivity index (χ1v) is 10.4. The van der Waals surface area contributed by atoms with Crippen molar-refractivity contribution in [2.24, 2.45) is 0 Å². The average Bonchev–Trinajstić information content (AvgIpc) is 3.09. The van der Waals surface area contributed by atoms with Crippen LogP contribution in [0, 0.1) is 15.9 Å². The number of hydrogen-bond acceptors (Lipinski definition) is 7. The predicted octanol–water partition coefficient (Wildman–Crippen LogP) is 3.51. The summed E-state index contributed by atoms with van der Waals surface area (Å²) in [5.74, 6) is -1.06. The van der Waals surface area contributed by atoms with Crippen molar-refractivity contribution in [3.63, 3.8) is 0 Å². The van der Waals surface area contributed by atoms with Crippen molar-refractivity contribution in [2.45, 2.75) is 4.90 Å². The van der Waals surface area contributed by atoms with Crippen LogP contribution in [0.3, 0.4) is 0 Å². The third kappa shape index (κ3) is 4.21. The Morgan fingerprint density at radius 3 is 2.50 bits per heavy atom. The van der Waals surface area contributed by atoms with E-state index in [-0.39, 0.29) is 16.5 Å². The maximum Gasteiger partial charge on any atom is 0.288 e. The molecule has 0 aliphatic heterocycles. The lowest BCUT2D eigenvalue weighted by Gasteiger charge is -2.05. The van der Waals surface area contributed by atoms with Crippen molar-refractivity contribution in [1.29, 1.82) is 0 Å². The van der Waals surface area contributed by atoms with Gasteiger partial charge in [-0.25, -0.2) is 17.8 Å². The zero-order chi connectivity index (χ0) is 20.5. The summed E-state index contributed by atoms with van der Waals surface area (Å²) in [6.07, 6.45) is 0.849. The summed E-state index contributed by atoms with van der Waals surface area (Å²) < 4.78 is 36.3. The molecule has 0 saturated heterocycles. The number of rotatable bonds is 5. The highest BCUT2D eigenvalue weighted by Gasteiger charge is 2.24. The lowest BCUT2D eigenvalue weighted by atomic mass is 10.2. The number of nitro groups is 1. The Morgan fingerprint density at radius 2 is 1.89 bits per heavy atom. The van der Waals surface area contributed by atoms with Gasteiger partial charge in [-0.15, -0.1) is 11.3 Å². The molecule has 0 bridgehead atoms. The molecule has 0 spiro atoms. The van der Waals surface area contributed by atoms with Gasteiger partial charge in [0.15, 0.2) is 15.0 Å². The fourth-order valence-electron chi connectivity index (χ4n) is 2.37. The molecule has 0 saturated carbocycles. The fourth-order valence-corrected chi connectivity index (χ4v) is 3.91. The van der Waals surface area contributed by atoms with Crippen molar-refractivity contribution < 1.29 is 22.5 Å². The van der Waals surface area contributed by atoms with Gasteiger partial charge in [-0.3, -0.25) is 20.2 Å². The van der Waals surface area contributed by atoms with E-state index in [2.05, 4.69) is 10.3 Å². The summed E-state index contributed by atoms with van der Waals surface area (Å²) in [5.41, 5.74) is 0.420. The average molecular weight is 421 g/mol. The molecule has 3 rings (SSSR count). The smallest absolute Gasteiger partial charge is 0.288 e. The van der Waals surface area contributed by atoms with Crippen LogP contribution in [0.2, 0.25) is 0 Å². The normalized spacial score (nSPS) is 11.2. The molecule has 1 amide bonds. The summed E-state index contributed by atoms with van der Waals surface area (Å²) in [6, 6.07) is 8.78. The minimum atomic E-state index is -3.82. The Balaban J connectivity index is 1.85. The molecule has 11 heteroatoms. The Bertz CT molecular complexity index is 1170. The number of nitrogens with zero attached hydrogens (tertiary/aromatic N) is 2. The van der Waals surface area contributed by atoms with Crippen LogP contribution in [0.15, 0.2) is 52.7 Å². The van der Waals surface area contributed by atoms with Gasteiger partial charge in [-0.2, -0.15) is 0 Å². The van der Waals surface area contributed by atoms with Crippen LogP contribution in [0.4, 0.5) is 15.2 Å². The number of carbonyl (C=O) groups is 1. The molecule has 0 unspecified atom stereocenters. The quantitative estimate of drug-likeness (QED) is 0.497. The van der Waals surface area contributed by atoms with Gasteiger partial charge in [0.25, 0.3) is 11.6 Å². The summed E-state index contributed by atoms with van der Waals surface area (Å²) in [6.45, 7) is 0. The standard InChI is InChI=1S/C17H12FN3O5S2/c1-28(25,26)15-7-4-11(8-14(15)21(23)24)16(22)20-17-19-13(9-27-17)10-2-5-12(18)6-3-10/h2-9H,1H3,(H,19,20,22). The maximum atomic E-state index is 13.0. The van der Waals surface area contributed by atoms with Gasteiger partial charge < -0.3 is 0 Å². The summed E-state index contributed by atoms with van der Waals surface area (Å²) >= 11 is 1.12. The van der Waals surface area contributed by atoms with Crippen LogP contribution < -0.4 is 5.32 Å². The number of aromatic nitrogens is 1. The molecule has 1 heterocycles. The molecule has 2 aromatic carbocycles. The number of carbonyl (C=O) groups excluding carboxylic acids is 1. The minimum absolute atomic E-state index is 0.0855. The number of benzene rings is 2. The van der Waals surface area contributed by atoms with Gasteiger partial charge in [-0.1, -0.05) is 0 Å². The molecule has 1 aromatic heterocycles. The molecule has 0 aliphatic rings. The van der Waals surface area contributed by atoms with Crippen LogP contribution in [0.1, 0.15) is 10.4 Å². The molecule has 0 aliphatic carbocycles. The van der Waals surface area contributed by atoms with E-state index in [0.717, 1.165) is 29.7 Å². The van der Waals surface area contributed by atoms with Gasteiger partial charge in [0.1, 0.15) is 10.7 Å². The summed E-state index contributed by atoms with van der Waals surface area (Å²) in [5, 5.41) is 15.6. The SMILES string of the molecule is CS(=O)(=O)c1ccc(C(=O)Nc2nc(-c3ccc(F)cc3)cs2)cc1[N+](=O)[O-]. The molecule has 28 heavy (non-hydrogen) atoms. The molecule has 0 atom stereocenters. The molecular formula is C17H12FN3O5S2. The Hall–Kier alpha value is -3.18. The van der Waals surface area contributed by atoms with Gasteiger partial charge in [-0.05, 0) is 36.4 Å². The monoisotopic (exact) mass is 421 g/mol. The highest BCUT2D eigenvalue weighted by Crippen LogP contribution is 2.27. The van der Waals surface area contributed by atoms with E-state index in [1.54, 1.807) is 17.5 Å². The first-order valence-electron chi connectivity index (χ1n) is 7.66. The van der Waals surface area contributed by atoms with Crippen LogP contribution in [-0.2, 0) is 9.84 Å². The van der Waals surface area contributed by atoms with Gasteiger partial charge in [0.2, 0.25) is 0 Å². The number of nitro benzene ring substituents is 1. The van der Waals surface area contributed by atoms with Gasteiger partial charge in [0.05, 0.1) is 10.6 Å². The topological polar surface area (TPSA) is 119 Å². The zero-order valence-electron chi connectivity index (χ0n) is 14.2. The second-order valence-corrected chi connectivity index (χ2v) is 8.55. The number of thiazole rings is 1.